The summed E-state index contributed by atoms with van der Waals surface area (Å²) >= 11 is 0. The van der Waals surface area contributed by atoms with Crippen molar-refractivity contribution in [1.29, 1.82) is 0 Å². The molecule has 3 rings (SSSR count). The number of carboxylic acid groups (broad SMARTS) is 1. The quantitative estimate of drug-likeness (QED) is 0.909. The van der Waals surface area contributed by atoms with Gasteiger partial charge in [-0.15, -0.1) is 0 Å². The van der Waals surface area contributed by atoms with E-state index in [0.717, 1.165) is 24.4 Å². The van der Waals surface area contributed by atoms with Crippen molar-refractivity contribution in [2.45, 2.75) is 25.7 Å². The molecule has 0 atom stereocenters. The van der Waals surface area contributed by atoms with E-state index in [1.54, 1.807) is 12.1 Å². The zero-order valence-electron chi connectivity index (χ0n) is 11.4. The zero-order valence-corrected chi connectivity index (χ0v) is 11.4. The van der Waals surface area contributed by atoms with Crippen LogP contribution in [0.1, 0.15) is 36.0 Å². The highest BCUT2D eigenvalue weighted by Gasteiger charge is 2.13. The standard InChI is InChI=1S/C16H18N2O2/c19-16(20)13-6-5-7-14-12(13)8-9-15(17-14)18-10-3-1-2-4-11-18/h5-9H,1-4,10-11H2,(H,19,20). The van der Waals surface area contributed by atoms with Crippen LogP contribution in [-0.4, -0.2) is 29.1 Å². The van der Waals surface area contributed by atoms with Crippen LogP contribution < -0.4 is 4.90 Å². The van der Waals surface area contributed by atoms with Crippen molar-refractivity contribution < 1.29 is 9.90 Å². The van der Waals surface area contributed by atoms with Crippen molar-refractivity contribution in [2.24, 2.45) is 0 Å². The Bertz CT molecular complexity index is 631. The molecule has 1 aliphatic rings. The van der Waals surface area contributed by atoms with Crippen molar-refractivity contribution in [1.82, 2.24) is 4.98 Å². The number of carboxylic acids is 1. The molecule has 0 saturated carbocycles. The van der Waals surface area contributed by atoms with Crippen LogP contribution in [0.3, 0.4) is 0 Å². The van der Waals surface area contributed by atoms with E-state index in [-0.39, 0.29) is 0 Å². The molecule has 4 heteroatoms. The first kappa shape index (κ1) is 12.9. The van der Waals surface area contributed by atoms with Crippen molar-refractivity contribution in [3.63, 3.8) is 0 Å². The van der Waals surface area contributed by atoms with E-state index in [4.69, 9.17) is 0 Å². The summed E-state index contributed by atoms with van der Waals surface area (Å²) in [5, 5.41) is 9.91. The molecule has 1 aromatic heterocycles. The number of aromatic carboxylic acids is 1. The van der Waals surface area contributed by atoms with Crippen molar-refractivity contribution in [3.05, 3.63) is 35.9 Å². The molecular formula is C16H18N2O2. The van der Waals surface area contributed by atoms with Gasteiger partial charge in [0.25, 0.3) is 0 Å². The molecule has 4 nitrogen and oxygen atoms in total. The largest absolute Gasteiger partial charge is 0.478 e. The van der Waals surface area contributed by atoms with E-state index in [2.05, 4.69) is 9.88 Å². The summed E-state index contributed by atoms with van der Waals surface area (Å²) in [7, 11) is 0. The maximum Gasteiger partial charge on any atom is 0.336 e. The second-order valence-electron chi connectivity index (χ2n) is 5.25. The molecule has 104 valence electrons. The monoisotopic (exact) mass is 270 g/mol. The summed E-state index contributed by atoms with van der Waals surface area (Å²) in [4.78, 5) is 18.2. The Labute approximate surface area is 118 Å². The van der Waals surface area contributed by atoms with Gasteiger partial charge in [0.1, 0.15) is 5.82 Å². The first-order valence-corrected chi connectivity index (χ1v) is 7.14. The first-order chi connectivity index (χ1) is 9.75. The number of anilines is 1. The number of hydrogen-bond donors (Lipinski definition) is 1. The molecule has 2 aromatic rings. The lowest BCUT2D eigenvalue weighted by Crippen LogP contribution is -2.24. The molecule has 0 bridgehead atoms. The smallest absolute Gasteiger partial charge is 0.336 e. The molecule has 2 heterocycles. The molecule has 1 saturated heterocycles. The number of hydrogen-bond acceptors (Lipinski definition) is 3. The van der Waals surface area contributed by atoms with Crippen molar-refractivity contribution >= 4 is 22.7 Å². The van der Waals surface area contributed by atoms with Gasteiger partial charge in [-0.05, 0) is 37.1 Å². The average Bonchev–Trinajstić information content (AvgIpc) is 2.75. The molecule has 0 spiro atoms. The Morgan fingerprint density at radius 2 is 1.80 bits per heavy atom. The number of pyridine rings is 1. The fourth-order valence-corrected chi connectivity index (χ4v) is 2.81. The lowest BCUT2D eigenvalue weighted by molar-refractivity contribution is 0.0699. The molecule has 0 amide bonds. The van der Waals surface area contributed by atoms with Gasteiger partial charge in [0.15, 0.2) is 0 Å². The van der Waals surface area contributed by atoms with Crippen LogP contribution in [-0.2, 0) is 0 Å². The van der Waals surface area contributed by atoms with E-state index in [1.807, 2.05) is 18.2 Å². The van der Waals surface area contributed by atoms with Crippen LogP contribution in [0.15, 0.2) is 30.3 Å². The van der Waals surface area contributed by atoms with Crippen LogP contribution >= 0.6 is 0 Å². The summed E-state index contributed by atoms with van der Waals surface area (Å²) in [6.45, 7) is 2.08. The van der Waals surface area contributed by atoms with E-state index < -0.39 is 5.97 Å². The predicted molar refractivity (Wildman–Crippen MR) is 79.4 cm³/mol. The number of aromatic nitrogens is 1. The highest BCUT2D eigenvalue weighted by atomic mass is 16.4. The van der Waals surface area contributed by atoms with Crippen molar-refractivity contribution in [3.8, 4) is 0 Å². The lowest BCUT2D eigenvalue weighted by Gasteiger charge is -2.21. The molecule has 0 radical (unpaired) electrons. The minimum atomic E-state index is -0.903. The van der Waals surface area contributed by atoms with Crippen LogP contribution in [0.25, 0.3) is 10.9 Å². The lowest BCUT2D eigenvalue weighted by atomic mass is 10.1. The third-order valence-electron chi connectivity index (χ3n) is 3.88. The summed E-state index contributed by atoms with van der Waals surface area (Å²) < 4.78 is 0. The predicted octanol–water partition coefficient (Wildman–Crippen LogP) is 3.31. The minimum Gasteiger partial charge on any atom is -0.478 e. The van der Waals surface area contributed by atoms with Crippen LogP contribution in [0.4, 0.5) is 5.82 Å². The Kier molecular flexibility index (Phi) is 3.54. The number of fused-ring (bicyclic) bond motifs is 1. The Hall–Kier alpha value is -2.10. The number of benzene rings is 1. The summed E-state index contributed by atoms with van der Waals surface area (Å²) in [5.74, 6) is 0.0573. The van der Waals surface area contributed by atoms with Gasteiger partial charge in [0.05, 0.1) is 11.1 Å². The fourth-order valence-electron chi connectivity index (χ4n) is 2.81. The maximum absolute atomic E-state index is 11.2. The summed E-state index contributed by atoms with van der Waals surface area (Å²) in [6, 6.07) is 9.08. The molecule has 0 aliphatic carbocycles. The molecule has 20 heavy (non-hydrogen) atoms. The van der Waals surface area contributed by atoms with Gasteiger partial charge in [0, 0.05) is 18.5 Å². The molecule has 1 aliphatic heterocycles. The Balaban J connectivity index is 2.00. The van der Waals surface area contributed by atoms with Crippen molar-refractivity contribution in [2.75, 3.05) is 18.0 Å². The summed E-state index contributed by atoms with van der Waals surface area (Å²) in [5.41, 5.74) is 1.07. The second-order valence-corrected chi connectivity index (χ2v) is 5.25. The topological polar surface area (TPSA) is 53.4 Å². The normalized spacial score (nSPS) is 16.1. The third kappa shape index (κ3) is 2.46. The van der Waals surface area contributed by atoms with E-state index in [9.17, 15) is 9.90 Å². The van der Waals surface area contributed by atoms with E-state index >= 15 is 0 Å². The molecule has 1 N–H and O–H groups in total. The molecule has 0 unspecified atom stereocenters. The van der Waals surface area contributed by atoms with Gasteiger partial charge in [0.2, 0.25) is 0 Å². The second kappa shape index (κ2) is 5.49. The molecule has 1 fully saturated rings. The van der Waals surface area contributed by atoms with E-state index in [0.29, 0.717) is 10.9 Å². The maximum atomic E-state index is 11.2. The Morgan fingerprint density at radius 1 is 1.05 bits per heavy atom. The Morgan fingerprint density at radius 3 is 2.50 bits per heavy atom. The highest BCUT2D eigenvalue weighted by Crippen LogP contribution is 2.23. The van der Waals surface area contributed by atoms with Gasteiger partial charge in [-0.3, -0.25) is 0 Å². The zero-order chi connectivity index (χ0) is 13.9. The number of nitrogens with zero attached hydrogens (tertiary/aromatic N) is 2. The summed E-state index contributed by atoms with van der Waals surface area (Å²) in [6.07, 6.45) is 4.98. The fraction of sp³-hybridized carbons (Fsp3) is 0.375. The van der Waals surface area contributed by atoms with Gasteiger partial charge in [-0.1, -0.05) is 18.9 Å². The van der Waals surface area contributed by atoms with Crippen LogP contribution in [0.2, 0.25) is 0 Å². The SMILES string of the molecule is O=C(O)c1cccc2nc(N3CCCCCC3)ccc12. The van der Waals surface area contributed by atoms with Gasteiger partial charge < -0.3 is 10.0 Å². The van der Waals surface area contributed by atoms with Gasteiger partial charge in [-0.25, -0.2) is 9.78 Å². The highest BCUT2D eigenvalue weighted by molar-refractivity contribution is 6.02. The van der Waals surface area contributed by atoms with Gasteiger partial charge in [-0.2, -0.15) is 0 Å². The average molecular weight is 270 g/mol. The number of rotatable bonds is 2. The molecular weight excluding hydrogens is 252 g/mol. The van der Waals surface area contributed by atoms with Crippen LogP contribution in [0.5, 0.6) is 0 Å². The number of carbonyl (C=O) groups is 1. The molecule has 1 aromatic carbocycles. The van der Waals surface area contributed by atoms with Gasteiger partial charge >= 0.3 is 5.97 Å². The first-order valence-electron chi connectivity index (χ1n) is 7.14. The van der Waals surface area contributed by atoms with E-state index in [1.165, 1.54) is 25.7 Å². The van der Waals surface area contributed by atoms with Crippen LogP contribution in [0, 0.1) is 0 Å². The minimum absolute atomic E-state index is 0.317. The third-order valence-corrected chi connectivity index (χ3v) is 3.88.